The molecular formula is C6H7NaO6S4. The molecule has 3 N–H and O–H groups in total. The summed E-state index contributed by atoms with van der Waals surface area (Å²) in [6, 6.07) is 1.95. The minimum atomic E-state index is -2.46. The molecule has 0 aliphatic carbocycles. The molecule has 11 heteroatoms. The van der Waals surface area contributed by atoms with Crippen molar-refractivity contribution < 1.29 is 26.3 Å². The Bertz CT molecular complexity index is 468. The Morgan fingerprint density at radius 2 is 1.24 bits per heavy atom. The molecule has 0 spiro atoms. The fourth-order valence-electron chi connectivity index (χ4n) is 0.925. The quantitative estimate of drug-likeness (QED) is 0.355. The molecule has 1 aromatic carbocycles. The van der Waals surface area contributed by atoms with Crippen LogP contribution in [0.4, 0.5) is 0 Å². The molecule has 1 aromatic rings. The maximum atomic E-state index is 10.9. The molecule has 6 nitrogen and oxygen atoms in total. The molecule has 3 unspecified atom stereocenters. The summed E-state index contributed by atoms with van der Waals surface area (Å²) in [5.74, 6) is 0. The summed E-state index contributed by atoms with van der Waals surface area (Å²) in [6.07, 6.45) is 0. The average molecular weight is 326 g/mol. The predicted molar refractivity (Wildman–Crippen MR) is 68.0 cm³/mol. The number of rotatable bonds is 3. The second kappa shape index (κ2) is 7.48. The van der Waals surface area contributed by atoms with Crippen molar-refractivity contribution in [2.45, 2.75) is 19.6 Å². The SMILES string of the molecule is O=S(O)c1cc(S(=O)O)c(S)c(S(=O)O)c1.[NaH]. The maximum absolute atomic E-state index is 10.9. The van der Waals surface area contributed by atoms with Crippen molar-refractivity contribution in [2.24, 2.45) is 0 Å². The molecule has 92 valence electrons. The van der Waals surface area contributed by atoms with Gasteiger partial charge in [0, 0.05) is 4.90 Å². The molecule has 0 fully saturated rings. The standard InChI is InChI=1S/C6H6O6S4.Na.H/c7-14(8)3-1-4(15(9)10)6(13)5(2-3)16(11)12;;/h1-2,13H,(H,7,8)(H,9,10)(H,11,12);;. The van der Waals surface area contributed by atoms with Gasteiger partial charge in [-0.2, -0.15) is 0 Å². The zero-order chi connectivity index (χ0) is 12.5. The Hall–Kier alpha value is 0.900. The van der Waals surface area contributed by atoms with E-state index in [0.29, 0.717) is 0 Å². The fraction of sp³-hybridized carbons (Fsp3) is 0. The minimum absolute atomic E-state index is 0. The van der Waals surface area contributed by atoms with Crippen LogP contribution in [0.25, 0.3) is 0 Å². The van der Waals surface area contributed by atoms with Gasteiger partial charge >= 0.3 is 29.6 Å². The van der Waals surface area contributed by atoms with Crippen molar-refractivity contribution in [1.29, 1.82) is 0 Å². The molecule has 0 saturated heterocycles. The molecule has 0 bridgehead atoms. The molecule has 0 aliphatic rings. The topological polar surface area (TPSA) is 112 Å². The summed E-state index contributed by atoms with van der Waals surface area (Å²) in [5.41, 5.74) is 0. The molecule has 0 heterocycles. The van der Waals surface area contributed by atoms with E-state index in [0.717, 1.165) is 12.1 Å². The van der Waals surface area contributed by atoms with Crippen LogP contribution in [0.15, 0.2) is 31.7 Å². The van der Waals surface area contributed by atoms with Gasteiger partial charge in [-0.15, -0.1) is 12.6 Å². The van der Waals surface area contributed by atoms with E-state index in [1.165, 1.54) is 0 Å². The second-order valence-electron chi connectivity index (χ2n) is 2.52. The van der Waals surface area contributed by atoms with Crippen molar-refractivity contribution in [3.63, 3.8) is 0 Å². The van der Waals surface area contributed by atoms with Crippen molar-refractivity contribution >= 4 is 75.4 Å². The van der Waals surface area contributed by atoms with Crippen LogP contribution in [-0.4, -0.2) is 55.8 Å². The Balaban J connectivity index is 0.00000256. The third-order valence-electron chi connectivity index (χ3n) is 1.59. The van der Waals surface area contributed by atoms with Gasteiger partial charge < -0.3 is 13.7 Å². The van der Waals surface area contributed by atoms with Crippen LogP contribution in [0, 0.1) is 0 Å². The van der Waals surface area contributed by atoms with E-state index in [1.54, 1.807) is 0 Å². The van der Waals surface area contributed by atoms with E-state index < -0.39 is 33.2 Å². The summed E-state index contributed by atoms with van der Waals surface area (Å²) in [7, 11) is 0. The van der Waals surface area contributed by atoms with Crippen LogP contribution in [0.2, 0.25) is 0 Å². The average Bonchev–Trinajstić information content (AvgIpc) is 2.16. The van der Waals surface area contributed by atoms with Crippen LogP contribution >= 0.6 is 12.6 Å². The molecule has 0 radical (unpaired) electrons. The Labute approximate surface area is 132 Å². The third kappa shape index (κ3) is 4.49. The molecular weight excluding hydrogens is 319 g/mol. The van der Waals surface area contributed by atoms with Gasteiger partial charge in [-0.3, -0.25) is 0 Å². The number of thiol groups is 1. The Kier molecular flexibility index (Phi) is 7.88. The number of hydrogen-bond donors (Lipinski definition) is 4. The van der Waals surface area contributed by atoms with Crippen LogP contribution in [0.3, 0.4) is 0 Å². The molecule has 17 heavy (non-hydrogen) atoms. The fourth-order valence-corrected chi connectivity index (χ4v) is 3.18. The van der Waals surface area contributed by atoms with Crippen LogP contribution < -0.4 is 0 Å². The van der Waals surface area contributed by atoms with E-state index in [1.807, 2.05) is 0 Å². The first-order valence-corrected chi connectivity index (χ1v) is 7.31. The van der Waals surface area contributed by atoms with Gasteiger partial charge in [0.25, 0.3) is 0 Å². The van der Waals surface area contributed by atoms with E-state index in [2.05, 4.69) is 12.6 Å². The van der Waals surface area contributed by atoms with E-state index in [-0.39, 0.29) is 49.1 Å². The van der Waals surface area contributed by atoms with Gasteiger partial charge in [0.15, 0.2) is 33.2 Å². The normalized spacial score (nSPS) is 15.8. The van der Waals surface area contributed by atoms with Crippen molar-refractivity contribution in [2.75, 3.05) is 0 Å². The van der Waals surface area contributed by atoms with Crippen molar-refractivity contribution in [3.05, 3.63) is 12.1 Å². The molecule has 0 aliphatic heterocycles. The summed E-state index contributed by atoms with van der Waals surface area (Å²) in [4.78, 5) is -0.982. The van der Waals surface area contributed by atoms with Gasteiger partial charge in [-0.25, -0.2) is 12.6 Å². The first kappa shape index (κ1) is 17.9. The summed E-state index contributed by atoms with van der Waals surface area (Å²) in [6.45, 7) is 0. The monoisotopic (exact) mass is 326 g/mol. The first-order valence-electron chi connectivity index (χ1n) is 3.54. The second-order valence-corrected chi connectivity index (χ2v) is 5.81. The molecule has 0 amide bonds. The predicted octanol–water partition coefficient (Wildman–Crippen LogP) is 0.0686. The molecule has 1 rings (SSSR count). The zero-order valence-electron chi connectivity index (χ0n) is 7.39. The summed E-state index contributed by atoms with van der Waals surface area (Å²) < 4.78 is 59.1. The van der Waals surface area contributed by atoms with E-state index >= 15 is 0 Å². The van der Waals surface area contributed by atoms with Crippen LogP contribution in [0.5, 0.6) is 0 Å². The summed E-state index contributed by atoms with van der Waals surface area (Å²) >= 11 is -3.52. The van der Waals surface area contributed by atoms with Crippen molar-refractivity contribution in [1.82, 2.24) is 0 Å². The number of benzene rings is 1. The van der Waals surface area contributed by atoms with Crippen LogP contribution in [-0.2, 0) is 33.2 Å². The van der Waals surface area contributed by atoms with E-state index in [4.69, 9.17) is 13.7 Å². The molecule has 3 atom stereocenters. The summed E-state index contributed by atoms with van der Waals surface area (Å²) in [5, 5.41) is 0. The van der Waals surface area contributed by atoms with Gasteiger partial charge in [0.1, 0.15) is 0 Å². The number of hydrogen-bond acceptors (Lipinski definition) is 4. The van der Waals surface area contributed by atoms with Gasteiger partial charge in [-0.05, 0) is 12.1 Å². The van der Waals surface area contributed by atoms with Crippen molar-refractivity contribution in [3.8, 4) is 0 Å². The first-order chi connectivity index (χ1) is 7.34. The van der Waals surface area contributed by atoms with Crippen LogP contribution in [0.1, 0.15) is 0 Å². The van der Waals surface area contributed by atoms with E-state index in [9.17, 15) is 12.6 Å². The van der Waals surface area contributed by atoms with Gasteiger partial charge in [0.2, 0.25) is 0 Å². The Morgan fingerprint density at radius 1 is 0.882 bits per heavy atom. The third-order valence-corrected chi connectivity index (χ3v) is 4.41. The Morgan fingerprint density at radius 3 is 1.47 bits per heavy atom. The molecule has 0 aromatic heterocycles. The van der Waals surface area contributed by atoms with Gasteiger partial charge in [-0.1, -0.05) is 0 Å². The molecule has 0 saturated carbocycles. The van der Waals surface area contributed by atoms with Gasteiger partial charge in [0.05, 0.1) is 14.7 Å². The zero-order valence-corrected chi connectivity index (χ0v) is 10.7.